The molecule has 0 spiro atoms. The molecule has 40 heavy (non-hydrogen) atoms. The Labute approximate surface area is 241 Å². The first-order valence-electron chi connectivity index (χ1n) is 12.6. The number of benzene rings is 3. The van der Waals surface area contributed by atoms with Crippen LogP contribution in [0.2, 0.25) is 0 Å². The predicted octanol–water partition coefficient (Wildman–Crippen LogP) is 7.28. The first-order chi connectivity index (χ1) is 19.3. The van der Waals surface area contributed by atoms with E-state index in [-0.39, 0.29) is 11.8 Å². The van der Waals surface area contributed by atoms with Crippen LogP contribution in [0.25, 0.3) is 11.1 Å². The summed E-state index contributed by atoms with van der Waals surface area (Å²) in [6, 6.07) is 22.1. The van der Waals surface area contributed by atoms with E-state index in [1.807, 2.05) is 61.7 Å². The van der Waals surface area contributed by atoms with E-state index in [1.54, 1.807) is 37.4 Å². The smallest absolute Gasteiger partial charge is 0.341 e. The number of thiophene rings is 1. The van der Waals surface area contributed by atoms with Gasteiger partial charge in [-0.3, -0.25) is 9.59 Å². The molecule has 4 aromatic rings. The summed E-state index contributed by atoms with van der Waals surface area (Å²) in [5.41, 5.74) is 4.17. The zero-order valence-electron chi connectivity index (χ0n) is 22.6. The average Bonchev–Trinajstić information content (AvgIpc) is 3.39. The van der Waals surface area contributed by atoms with Crippen LogP contribution in [0.15, 0.2) is 83.1 Å². The third-order valence-electron chi connectivity index (χ3n) is 6.17. The van der Waals surface area contributed by atoms with Gasteiger partial charge in [-0.15, -0.1) is 23.1 Å². The second-order valence-electron chi connectivity index (χ2n) is 8.93. The minimum atomic E-state index is -0.506. The Balaban J connectivity index is 1.48. The van der Waals surface area contributed by atoms with Gasteiger partial charge in [0.25, 0.3) is 5.91 Å². The van der Waals surface area contributed by atoms with Gasteiger partial charge in [0.2, 0.25) is 5.91 Å². The Morgan fingerprint density at radius 2 is 1.68 bits per heavy atom. The van der Waals surface area contributed by atoms with Gasteiger partial charge in [-0.2, -0.15) is 0 Å². The summed E-state index contributed by atoms with van der Waals surface area (Å²) in [6.07, 6.45) is 0.558. The molecule has 9 heteroatoms. The fraction of sp³-hybridized carbons (Fsp3) is 0.194. The summed E-state index contributed by atoms with van der Waals surface area (Å²) in [7, 11) is 2.90. The molecule has 7 nitrogen and oxygen atoms in total. The molecule has 0 aliphatic rings. The van der Waals surface area contributed by atoms with Gasteiger partial charge >= 0.3 is 5.97 Å². The van der Waals surface area contributed by atoms with E-state index in [0.717, 1.165) is 16.0 Å². The lowest BCUT2D eigenvalue weighted by Gasteiger charge is -2.16. The lowest BCUT2D eigenvalue weighted by Crippen LogP contribution is -2.25. The van der Waals surface area contributed by atoms with Gasteiger partial charge in [0, 0.05) is 27.1 Å². The molecular weight excluding hydrogens is 544 g/mol. The largest absolute Gasteiger partial charge is 0.497 e. The summed E-state index contributed by atoms with van der Waals surface area (Å²) in [4.78, 5) is 39.6. The number of methoxy groups -OCH3 is 2. The molecule has 206 valence electrons. The number of thioether (sulfide) groups is 1. The van der Waals surface area contributed by atoms with E-state index in [1.165, 1.54) is 30.2 Å². The van der Waals surface area contributed by atoms with Crippen molar-refractivity contribution in [3.05, 3.63) is 94.9 Å². The average molecular weight is 575 g/mol. The molecule has 0 saturated heterocycles. The number of anilines is 2. The molecule has 2 amide bonds. The molecule has 0 fully saturated rings. The maximum atomic E-state index is 13.3. The molecule has 0 radical (unpaired) electrons. The van der Waals surface area contributed by atoms with Gasteiger partial charge in [0.15, 0.2) is 0 Å². The molecule has 1 unspecified atom stereocenters. The van der Waals surface area contributed by atoms with Crippen LogP contribution in [0.5, 0.6) is 5.75 Å². The van der Waals surface area contributed by atoms with Crippen molar-refractivity contribution >= 4 is 51.6 Å². The number of esters is 1. The molecule has 0 aliphatic carbocycles. The van der Waals surface area contributed by atoms with Crippen molar-refractivity contribution in [3.8, 4) is 16.9 Å². The van der Waals surface area contributed by atoms with Crippen LogP contribution in [0.3, 0.4) is 0 Å². The summed E-state index contributed by atoms with van der Waals surface area (Å²) >= 11 is 2.68. The molecule has 0 bridgehead atoms. The van der Waals surface area contributed by atoms with Crippen LogP contribution < -0.4 is 15.4 Å². The highest BCUT2D eigenvalue weighted by Crippen LogP contribution is 2.37. The van der Waals surface area contributed by atoms with Gasteiger partial charge in [-0.05, 0) is 61.4 Å². The Hall–Kier alpha value is -4.08. The van der Waals surface area contributed by atoms with Crippen LogP contribution in [0.4, 0.5) is 10.7 Å². The van der Waals surface area contributed by atoms with Crippen LogP contribution in [-0.4, -0.2) is 37.3 Å². The van der Waals surface area contributed by atoms with E-state index >= 15 is 0 Å². The maximum Gasteiger partial charge on any atom is 0.341 e. The quantitative estimate of drug-likeness (QED) is 0.153. The van der Waals surface area contributed by atoms with Gasteiger partial charge < -0.3 is 20.1 Å². The Bertz CT molecular complexity index is 1500. The summed E-state index contributed by atoms with van der Waals surface area (Å²) in [6.45, 7) is 3.93. The lowest BCUT2D eigenvalue weighted by atomic mass is 10.0. The SMILES string of the molecule is CCC(Sc1cccc(NC(=O)c2ccc(OC)cc2)c1)C(=O)Nc1scc(-c2ccc(C)cc2)c1C(=O)OC. The Kier molecular flexibility index (Phi) is 9.63. The zero-order valence-corrected chi connectivity index (χ0v) is 24.3. The summed E-state index contributed by atoms with van der Waals surface area (Å²) in [5.74, 6) is -0.297. The number of amides is 2. The Morgan fingerprint density at radius 1 is 0.950 bits per heavy atom. The second kappa shape index (κ2) is 13.3. The van der Waals surface area contributed by atoms with Crippen molar-refractivity contribution in [2.45, 2.75) is 30.4 Å². The molecular formula is C31H30N2O5S2. The molecule has 2 N–H and O–H groups in total. The lowest BCUT2D eigenvalue weighted by molar-refractivity contribution is -0.115. The minimum Gasteiger partial charge on any atom is -0.497 e. The van der Waals surface area contributed by atoms with Crippen molar-refractivity contribution in [3.63, 3.8) is 0 Å². The number of carbonyl (C=O) groups is 3. The molecule has 3 aromatic carbocycles. The van der Waals surface area contributed by atoms with E-state index in [9.17, 15) is 14.4 Å². The van der Waals surface area contributed by atoms with Crippen molar-refractivity contribution < 1.29 is 23.9 Å². The third-order valence-corrected chi connectivity index (χ3v) is 8.42. The van der Waals surface area contributed by atoms with Crippen LogP contribution >= 0.6 is 23.1 Å². The first kappa shape index (κ1) is 28.9. The third kappa shape index (κ3) is 6.91. The van der Waals surface area contributed by atoms with Crippen LogP contribution in [0.1, 0.15) is 39.6 Å². The van der Waals surface area contributed by atoms with Crippen molar-refractivity contribution in [1.82, 2.24) is 0 Å². The second-order valence-corrected chi connectivity index (χ2v) is 11.1. The van der Waals surface area contributed by atoms with Crippen molar-refractivity contribution in [2.24, 2.45) is 0 Å². The number of ether oxygens (including phenoxy) is 2. The van der Waals surface area contributed by atoms with Gasteiger partial charge in [0.1, 0.15) is 16.3 Å². The molecule has 0 saturated carbocycles. The maximum absolute atomic E-state index is 13.3. The first-order valence-corrected chi connectivity index (χ1v) is 14.4. The van der Waals surface area contributed by atoms with E-state index in [2.05, 4.69) is 10.6 Å². The topological polar surface area (TPSA) is 93.7 Å². The van der Waals surface area contributed by atoms with E-state index in [4.69, 9.17) is 9.47 Å². The summed E-state index contributed by atoms with van der Waals surface area (Å²) in [5, 5.41) is 7.74. The van der Waals surface area contributed by atoms with Gasteiger partial charge in [0.05, 0.1) is 19.5 Å². The number of rotatable bonds is 10. The highest BCUT2D eigenvalue weighted by atomic mass is 32.2. The Morgan fingerprint density at radius 3 is 2.33 bits per heavy atom. The fourth-order valence-corrected chi connectivity index (χ4v) is 5.95. The highest BCUT2D eigenvalue weighted by molar-refractivity contribution is 8.00. The van der Waals surface area contributed by atoms with Gasteiger partial charge in [-0.25, -0.2) is 4.79 Å². The van der Waals surface area contributed by atoms with E-state index in [0.29, 0.717) is 39.5 Å². The van der Waals surface area contributed by atoms with Crippen molar-refractivity contribution in [1.29, 1.82) is 0 Å². The fourth-order valence-electron chi connectivity index (χ4n) is 3.97. The number of carbonyl (C=O) groups excluding carboxylic acids is 3. The molecule has 0 aliphatic heterocycles. The van der Waals surface area contributed by atoms with Crippen molar-refractivity contribution in [2.75, 3.05) is 24.9 Å². The van der Waals surface area contributed by atoms with Crippen LogP contribution in [-0.2, 0) is 9.53 Å². The summed E-state index contributed by atoms with van der Waals surface area (Å²) < 4.78 is 10.2. The van der Waals surface area contributed by atoms with Gasteiger partial charge in [-0.1, -0.05) is 42.8 Å². The monoisotopic (exact) mass is 574 g/mol. The predicted molar refractivity (Wildman–Crippen MR) is 162 cm³/mol. The highest BCUT2D eigenvalue weighted by Gasteiger charge is 2.25. The van der Waals surface area contributed by atoms with E-state index < -0.39 is 11.2 Å². The number of aryl methyl sites for hydroxylation is 1. The van der Waals surface area contributed by atoms with Crippen LogP contribution in [0, 0.1) is 6.92 Å². The number of nitrogens with one attached hydrogen (secondary N) is 2. The molecule has 4 rings (SSSR count). The molecule has 1 heterocycles. The molecule has 1 aromatic heterocycles. The minimum absolute atomic E-state index is 0.220. The number of hydrogen-bond acceptors (Lipinski definition) is 7. The normalized spacial score (nSPS) is 11.4. The molecule has 1 atom stereocenters. The zero-order chi connectivity index (χ0) is 28.6. The standard InChI is InChI=1S/C31H30N2O5S2/c1-5-26(40-24-8-6-7-22(17-24)32-28(34)21-13-15-23(37-3)16-14-21)29(35)33-30-27(31(36)38-4)25(18-39-30)20-11-9-19(2)10-12-20/h6-18,26H,5H2,1-4H3,(H,32,34)(H,33,35). The number of hydrogen-bond donors (Lipinski definition) is 2.